The van der Waals surface area contributed by atoms with Crippen LogP contribution in [0.3, 0.4) is 0 Å². The minimum absolute atomic E-state index is 0.0851. The Labute approximate surface area is 125 Å². The zero-order valence-electron chi connectivity index (χ0n) is 11.9. The minimum atomic E-state index is -4.58. The van der Waals surface area contributed by atoms with Gasteiger partial charge in [0.25, 0.3) is 0 Å². The van der Waals surface area contributed by atoms with Gasteiger partial charge in [0.15, 0.2) is 0 Å². The van der Waals surface area contributed by atoms with Gasteiger partial charge in [0.1, 0.15) is 0 Å². The Morgan fingerprint density at radius 1 is 1.41 bits per heavy atom. The van der Waals surface area contributed by atoms with Crippen LogP contribution in [0.2, 0.25) is 0 Å². The van der Waals surface area contributed by atoms with Gasteiger partial charge >= 0.3 is 12.1 Å². The molecule has 118 valence electrons. The molecule has 1 fully saturated rings. The predicted octanol–water partition coefficient (Wildman–Crippen LogP) is 3.33. The summed E-state index contributed by atoms with van der Waals surface area (Å²) < 4.78 is 43.4. The van der Waals surface area contributed by atoms with E-state index < -0.39 is 17.3 Å². The van der Waals surface area contributed by atoms with Crippen LogP contribution in [0.4, 0.5) is 18.9 Å². The van der Waals surface area contributed by atoms with Crippen molar-refractivity contribution in [2.75, 3.05) is 12.4 Å². The van der Waals surface area contributed by atoms with E-state index in [2.05, 4.69) is 10.1 Å². The van der Waals surface area contributed by atoms with Crippen LogP contribution in [0.1, 0.15) is 30.4 Å². The summed E-state index contributed by atoms with van der Waals surface area (Å²) >= 11 is 0. The summed E-state index contributed by atoms with van der Waals surface area (Å²) in [5.74, 6) is -0.511. The number of nitrogens with zero attached hydrogens (tertiary/aromatic N) is 1. The maximum atomic E-state index is 12.9. The zero-order valence-corrected chi connectivity index (χ0v) is 11.9. The molecule has 1 N–H and O–H groups in total. The molecule has 0 aromatic heterocycles. The number of esters is 1. The molecule has 2 rings (SSSR count). The number of nitrogens with one attached hydrogen (secondary N) is 1. The van der Waals surface area contributed by atoms with Gasteiger partial charge in [-0.15, -0.1) is 0 Å². The molecular weight excluding hydrogens is 297 g/mol. The predicted molar refractivity (Wildman–Crippen MR) is 72.9 cm³/mol. The molecule has 0 aliphatic heterocycles. The van der Waals surface area contributed by atoms with E-state index in [1.54, 1.807) is 6.07 Å². The van der Waals surface area contributed by atoms with E-state index in [0.29, 0.717) is 24.9 Å². The molecule has 7 heteroatoms. The first-order valence-corrected chi connectivity index (χ1v) is 6.81. The molecular formula is C15H15F3N2O2. The monoisotopic (exact) mass is 312 g/mol. The first kappa shape index (κ1) is 16.1. The van der Waals surface area contributed by atoms with Crippen LogP contribution in [0, 0.1) is 17.2 Å². The Kier molecular flexibility index (Phi) is 4.59. The lowest BCUT2D eigenvalue weighted by Gasteiger charge is -2.16. The van der Waals surface area contributed by atoms with Crippen LogP contribution in [0.25, 0.3) is 0 Å². The minimum Gasteiger partial charge on any atom is -0.469 e. The second-order valence-electron chi connectivity index (χ2n) is 5.24. The number of benzene rings is 1. The van der Waals surface area contributed by atoms with E-state index >= 15 is 0 Å². The number of halogens is 3. The van der Waals surface area contributed by atoms with Crippen molar-refractivity contribution in [3.8, 4) is 6.07 Å². The van der Waals surface area contributed by atoms with E-state index in [0.717, 1.165) is 12.1 Å². The van der Waals surface area contributed by atoms with Crippen molar-refractivity contribution in [1.82, 2.24) is 0 Å². The molecule has 0 bridgehead atoms. The van der Waals surface area contributed by atoms with Gasteiger partial charge in [-0.3, -0.25) is 4.79 Å². The number of hydrogen-bond acceptors (Lipinski definition) is 4. The molecule has 1 aliphatic rings. The molecule has 1 aliphatic carbocycles. The summed E-state index contributed by atoms with van der Waals surface area (Å²) in [6.07, 6.45) is -2.73. The number of nitriles is 1. The number of carbonyl (C=O) groups excluding carboxylic acids is 1. The topological polar surface area (TPSA) is 62.1 Å². The third kappa shape index (κ3) is 3.50. The smallest absolute Gasteiger partial charge is 0.417 e. The van der Waals surface area contributed by atoms with E-state index in [1.165, 1.54) is 13.2 Å². The highest BCUT2D eigenvalue weighted by Crippen LogP contribution is 2.35. The second kappa shape index (κ2) is 6.26. The molecule has 0 amide bonds. The quantitative estimate of drug-likeness (QED) is 0.870. The number of carbonyl (C=O) groups is 1. The van der Waals surface area contributed by atoms with Crippen LogP contribution in [0.5, 0.6) is 0 Å². The first-order chi connectivity index (χ1) is 10.3. The van der Waals surface area contributed by atoms with Crippen molar-refractivity contribution < 1.29 is 22.7 Å². The van der Waals surface area contributed by atoms with Crippen LogP contribution in [-0.4, -0.2) is 19.1 Å². The van der Waals surface area contributed by atoms with Crippen LogP contribution >= 0.6 is 0 Å². The normalized spacial score (nSPS) is 21.2. The lowest BCUT2D eigenvalue weighted by Crippen LogP contribution is -2.19. The van der Waals surface area contributed by atoms with Crippen molar-refractivity contribution in [2.45, 2.75) is 31.5 Å². The van der Waals surface area contributed by atoms with Gasteiger partial charge in [0.05, 0.1) is 30.2 Å². The third-order valence-electron chi connectivity index (χ3n) is 3.78. The molecule has 0 spiro atoms. The molecule has 2 atom stereocenters. The number of alkyl halides is 3. The number of hydrogen-bond donors (Lipinski definition) is 1. The molecule has 4 nitrogen and oxygen atoms in total. The Balaban J connectivity index is 2.12. The van der Waals surface area contributed by atoms with Gasteiger partial charge in [0, 0.05) is 11.7 Å². The Hall–Kier alpha value is -2.23. The van der Waals surface area contributed by atoms with Crippen molar-refractivity contribution in [3.63, 3.8) is 0 Å². The molecule has 0 unspecified atom stereocenters. The summed E-state index contributed by atoms with van der Waals surface area (Å²) in [7, 11) is 1.32. The molecule has 0 radical (unpaired) electrons. The van der Waals surface area contributed by atoms with Gasteiger partial charge in [-0.25, -0.2) is 0 Å². The van der Waals surface area contributed by atoms with Gasteiger partial charge in [-0.1, -0.05) is 0 Å². The van der Waals surface area contributed by atoms with Crippen LogP contribution in [-0.2, 0) is 15.7 Å². The highest BCUT2D eigenvalue weighted by molar-refractivity contribution is 5.72. The summed E-state index contributed by atoms with van der Waals surface area (Å²) in [6.45, 7) is 0. The van der Waals surface area contributed by atoms with Crippen molar-refractivity contribution >= 4 is 11.7 Å². The molecule has 22 heavy (non-hydrogen) atoms. The number of methoxy groups -OCH3 is 1. The Morgan fingerprint density at radius 2 is 2.14 bits per heavy atom. The summed E-state index contributed by atoms with van der Waals surface area (Å²) in [5, 5.41) is 11.8. The molecule has 0 saturated heterocycles. The fraction of sp³-hybridized carbons (Fsp3) is 0.467. The highest BCUT2D eigenvalue weighted by atomic mass is 19.4. The lowest BCUT2D eigenvalue weighted by atomic mass is 10.1. The van der Waals surface area contributed by atoms with Gasteiger partial charge in [-0.05, 0) is 37.5 Å². The molecule has 1 saturated carbocycles. The maximum absolute atomic E-state index is 12.9. The standard InChI is InChI=1S/C15H15F3N2O2/c1-22-14(21)9-2-4-11(6-9)20-12-5-3-10(8-19)13(7-12)15(16,17)18/h3,5,7,9,11,20H,2,4,6H2,1H3/t9-,11+/m0/s1. The van der Waals surface area contributed by atoms with Crippen LogP contribution in [0.15, 0.2) is 18.2 Å². The average Bonchev–Trinajstić information content (AvgIpc) is 2.94. The number of ether oxygens (including phenoxy) is 1. The Bertz CT molecular complexity index is 608. The lowest BCUT2D eigenvalue weighted by molar-refractivity contribution is -0.145. The van der Waals surface area contributed by atoms with Crippen molar-refractivity contribution in [2.24, 2.45) is 5.92 Å². The molecule has 0 heterocycles. The largest absolute Gasteiger partial charge is 0.469 e. The van der Waals surface area contributed by atoms with Crippen molar-refractivity contribution in [3.05, 3.63) is 29.3 Å². The average molecular weight is 312 g/mol. The number of anilines is 1. The first-order valence-electron chi connectivity index (χ1n) is 6.81. The Morgan fingerprint density at radius 3 is 2.73 bits per heavy atom. The zero-order chi connectivity index (χ0) is 16.3. The fourth-order valence-electron chi connectivity index (χ4n) is 2.70. The van der Waals surface area contributed by atoms with Gasteiger partial charge in [0.2, 0.25) is 0 Å². The summed E-state index contributed by atoms with van der Waals surface area (Å²) in [4.78, 5) is 11.4. The van der Waals surface area contributed by atoms with E-state index in [-0.39, 0.29) is 17.9 Å². The van der Waals surface area contributed by atoms with Crippen molar-refractivity contribution in [1.29, 1.82) is 5.26 Å². The fourth-order valence-corrected chi connectivity index (χ4v) is 2.70. The highest BCUT2D eigenvalue weighted by Gasteiger charge is 2.35. The summed E-state index contributed by atoms with van der Waals surface area (Å²) in [5.41, 5.74) is -1.07. The third-order valence-corrected chi connectivity index (χ3v) is 3.78. The maximum Gasteiger partial charge on any atom is 0.417 e. The molecule has 1 aromatic carbocycles. The summed E-state index contributed by atoms with van der Waals surface area (Å²) in [6, 6.07) is 4.99. The van der Waals surface area contributed by atoms with E-state index in [9.17, 15) is 18.0 Å². The van der Waals surface area contributed by atoms with Gasteiger partial charge < -0.3 is 10.1 Å². The number of rotatable bonds is 3. The second-order valence-corrected chi connectivity index (χ2v) is 5.24. The molecule has 1 aromatic rings. The van der Waals surface area contributed by atoms with E-state index in [1.807, 2.05) is 0 Å². The SMILES string of the molecule is COC(=O)[C@H]1CC[C@@H](Nc2ccc(C#N)c(C(F)(F)F)c2)C1. The van der Waals surface area contributed by atoms with E-state index in [4.69, 9.17) is 5.26 Å². The van der Waals surface area contributed by atoms with Crippen LogP contribution < -0.4 is 5.32 Å². The van der Waals surface area contributed by atoms with Gasteiger partial charge in [-0.2, -0.15) is 18.4 Å².